The number of anilines is 1. The highest BCUT2D eigenvalue weighted by Gasteiger charge is 2.28. The van der Waals surface area contributed by atoms with Gasteiger partial charge >= 0.3 is 0 Å². The summed E-state index contributed by atoms with van der Waals surface area (Å²) in [5.41, 5.74) is 0.579. The Bertz CT molecular complexity index is 610. The molecule has 0 saturated heterocycles. The molecule has 1 saturated carbocycles. The van der Waals surface area contributed by atoms with Crippen LogP contribution in [0.5, 0.6) is 0 Å². The molecule has 2 rings (SSSR count). The van der Waals surface area contributed by atoms with Gasteiger partial charge in [0.25, 0.3) is 0 Å². The molecule has 2 N–H and O–H groups in total. The van der Waals surface area contributed by atoms with Crippen LogP contribution in [0.1, 0.15) is 26.7 Å². The predicted molar refractivity (Wildman–Crippen MR) is 86.0 cm³/mol. The first-order valence-corrected chi connectivity index (χ1v) is 9.27. The molecule has 0 bridgehead atoms. The molecule has 1 aliphatic carbocycles. The van der Waals surface area contributed by atoms with Crippen molar-refractivity contribution in [3.05, 3.63) is 24.3 Å². The van der Waals surface area contributed by atoms with Crippen molar-refractivity contribution in [2.45, 2.75) is 42.5 Å². The molecule has 116 valence electrons. The van der Waals surface area contributed by atoms with Crippen molar-refractivity contribution in [3.63, 3.8) is 0 Å². The highest BCUT2D eigenvalue weighted by Crippen LogP contribution is 2.23. The van der Waals surface area contributed by atoms with Crippen molar-refractivity contribution >= 4 is 37.5 Å². The van der Waals surface area contributed by atoms with Crippen LogP contribution in [-0.4, -0.2) is 25.2 Å². The second-order valence-electron chi connectivity index (χ2n) is 5.55. The molecule has 0 aliphatic heterocycles. The van der Waals surface area contributed by atoms with Gasteiger partial charge in [-0.05, 0) is 43.0 Å². The zero-order valence-electron chi connectivity index (χ0n) is 12.0. The first kappa shape index (κ1) is 16.5. The van der Waals surface area contributed by atoms with E-state index in [4.69, 9.17) is 0 Å². The second kappa shape index (κ2) is 6.46. The summed E-state index contributed by atoms with van der Waals surface area (Å²) in [5, 5.41) is 2.75. The average Bonchev–Trinajstić information content (AvgIpc) is 3.21. The highest BCUT2D eigenvalue weighted by atomic mass is 79.9. The first-order valence-electron chi connectivity index (χ1n) is 6.87. The highest BCUT2D eigenvalue weighted by molar-refractivity contribution is 9.10. The fourth-order valence-electron chi connectivity index (χ4n) is 1.72. The SMILES string of the molecule is CC(C)C(Br)C(=O)Nc1ccc(S(=O)(=O)NC2CC2)cc1. The fraction of sp³-hybridized carbons (Fsp3) is 0.500. The van der Waals surface area contributed by atoms with Gasteiger partial charge in [-0.15, -0.1) is 0 Å². The maximum atomic E-state index is 12.0. The number of rotatable bonds is 6. The summed E-state index contributed by atoms with van der Waals surface area (Å²) in [6, 6.07) is 6.27. The fourth-order valence-corrected chi connectivity index (χ4v) is 3.14. The molecule has 1 aromatic carbocycles. The van der Waals surface area contributed by atoms with Crippen LogP contribution in [0.3, 0.4) is 0 Å². The number of benzene rings is 1. The van der Waals surface area contributed by atoms with E-state index in [9.17, 15) is 13.2 Å². The van der Waals surface area contributed by atoms with Crippen LogP contribution in [-0.2, 0) is 14.8 Å². The molecule has 1 unspecified atom stereocenters. The van der Waals surface area contributed by atoms with E-state index in [0.717, 1.165) is 12.8 Å². The Morgan fingerprint density at radius 3 is 2.29 bits per heavy atom. The maximum Gasteiger partial charge on any atom is 0.240 e. The van der Waals surface area contributed by atoms with E-state index in [2.05, 4.69) is 26.0 Å². The van der Waals surface area contributed by atoms with Crippen molar-refractivity contribution in [1.29, 1.82) is 0 Å². The Kier molecular flexibility index (Phi) is 5.06. The van der Waals surface area contributed by atoms with Crippen molar-refractivity contribution in [2.24, 2.45) is 5.92 Å². The number of hydrogen-bond acceptors (Lipinski definition) is 3. The van der Waals surface area contributed by atoms with Crippen LogP contribution in [0.15, 0.2) is 29.2 Å². The topological polar surface area (TPSA) is 75.3 Å². The van der Waals surface area contributed by atoms with E-state index in [1.807, 2.05) is 13.8 Å². The van der Waals surface area contributed by atoms with Crippen molar-refractivity contribution < 1.29 is 13.2 Å². The van der Waals surface area contributed by atoms with Gasteiger partial charge in [-0.3, -0.25) is 4.79 Å². The number of carbonyl (C=O) groups is 1. The number of nitrogens with one attached hydrogen (secondary N) is 2. The zero-order valence-corrected chi connectivity index (χ0v) is 14.4. The van der Waals surface area contributed by atoms with Gasteiger partial charge in [-0.25, -0.2) is 13.1 Å². The van der Waals surface area contributed by atoms with Crippen molar-refractivity contribution in [3.8, 4) is 0 Å². The van der Waals surface area contributed by atoms with Crippen LogP contribution in [0.4, 0.5) is 5.69 Å². The molecule has 5 nitrogen and oxygen atoms in total. The average molecular weight is 375 g/mol. The van der Waals surface area contributed by atoms with E-state index in [0.29, 0.717) is 5.69 Å². The van der Waals surface area contributed by atoms with E-state index in [1.54, 1.807) is 12.1 Å². The van der Waals surface area contributed by atoms with Gasteiger partial charge in [0.2, 0.25) is 15.9 Å². The molecule has 1 aliphatic rings. The summed E-state index contributed by atoms with van der Waals surface area (Å²) in [7, 11) is -3.44. The monoisotopic (exact) mass is 374 g/mol. The van der Waals surface area contributed by atoms with Crippen molar-refractivity contribution in [1.82, 2.24) is 4.72 Å². The van der Waals surface area contributed by atoms with Gasteiger partial charge in [0.05, 0.1) is 9.72 Å². The van der Waals surface area contributed by atoms with Gasteiger partial charge in [0.1, 0.15) is 0 Å². The quantitative estimate of drug-likeness (QED) is 0.751. The minimum atomic E-state index is -3.44. The third-order valence-corrected chi connectivity index (χ3v) is 6.18. The predicted octanol–water partition coefficient (Wildman–Crippen LogP) is 2.49. The minimum absolute atomic E-state index is 0.0783. The summed E-state index contributed by atoms with van der Waals surface area (Å²) in [6.45, 7) is 3.89. The summed E-state index contributed by atoms with van der Waals surface area (Å²) in [4.78, 5) is 11.8. The standard InChI is InChI=1S/C14H19BrN2O3S/c1-9(2)13(15)14(18)16-10-5-7-12(8-6-10)21(19,20)17-11-3-4-11/h5-9,11,13,17H,3-4H2,1-2H3,(H,16,18). The Morgan fingerprint density at radius 1 is 1.24 bits per heavy atom. The van der Waals surface area contributed by atoms with Gasteiger partial charge < -0.3 is 5.32 Å². The van der Waals surface area contributed by atoms with Crippen LogP contribution >= 0.6 is 15.9 Å². The Balaban J connectivity index is 2.03. The van der Waals surface area contributed by atoms with Gasteiger partial charge in [0, 0.05) is 11.7 Å². The number of hydrogen-bond donors (Lipinski definition) is 2. The van der Waals surface area contributed by atoms with E-state index in [-0.39, 0.29) is 27.6 Å². The third kappa shape index (κ3) is 4.52. The third-order valence-electron chi connectivity index (χ3n) is 3.17. The largest absolute Gasteiger partial charge is 0.325 e. The zero-order chi connectivity index (χ0) is 15.6. The summed E-state index contributed by atoms with van der Waals surface area (Å²) >= 11 is 3.33. The van der Waals surface area contributed by atoms with Crippen LogP contribution < -0.4 is 10.0 Å². The number of halogens is 1. The Labute approximate surface area is 133 Å². The lowest BCUT2D eigenvalue weighted by Gasteiger charge is -2.14. The summed E-state index contributed by atoms with van der Waals surface area (Å²) < 4.78 is 26.6. The smallest absolute Gasteiger partial charge is 0.240 e. The normalized spacial score (nSPS) is 16.8. The lowest BCUT2D eigenvalue weighted by atomic mass is 10.1. The van der Waals surface area contributed by atoms with E-state index < -0.39 is 10.0 Å². The van der Waals surface area contributed by atoms with Crippen LogP contribution in [0, 0.1) is 5.92 Å². The molecule has 0 aromatic heterocycles. The second-order valence-corrected chi connectivity index (χ2v) is 8.26. The molecule has 0 heterocycles. The maximum absolute atomic E-state index is 12.0. The number of carbonyl (C=O) groups excluding carboxylic acids is 1. The number of sulfonamides is 1. The Morgan fingerprint density at radius 2 is 1.81 bits per heavy atom. The molecule has 0 spiro atoms. The van der Waals surface area contributed by atoms with Gasteiger partial charge in [0.15, 0.2) is 0 Å². The van der Waals surface area contributed by atoms with Gasteiger partial charge in [-0.1, -0.05) is 29.8 Å². The molecule has 7 heteroatoms. The van der Waals surface area contributed by atoms with Gasteiger partial charge in [-0.2, -0.15) is 0 Å². The van der Waals surface area contributed by atoms with Crippen molar-refractivity contribution in [2.75, 3.05) is 5.32 Å². The molecule has 0 radical (unpaired) electrons. The summed E-state index contributed by atoms with van der Waals surface area (Å²) in [6.07, 6.45) is 1.80. The lowest BCUT2D eigenvalue weighted by molar-refractivity contribution is -0.116. The van der Waals surface area contributed by atoms with Crippen LogP contribution in [0.2, 0.25) is 0 Å². The molecule has 21 heavy (non-hydrogen) atoms. The summed E-state index contributed by atoms with van der Waals surface area (Å²) in [5.74, 6) is 0.0316. The van der Waals surface area contributed by atoms with E-state index >= 15 is 0 Å². The molecule has 1 atom stereocenters. The molecule has 1 fully saturated rings. The first-order chi connectivity index (χ1) is 9.79. The lowest BCUT2D eigenvalue weighted by Crippen LogP contribution is -2.27. The van der Waals surface area contributed by atoms with Crippen LogP contribution in [0.25, 0.3) is 0 Å². The Hall–Kier alpha value is -0.920. The molecular formula is C14H19BrN2O3S. The molecular weight excluding hydrogens is 356 g/mol. The molecule has 1 aromatic rings. The minimum Gasteiger partial charge on any atom is -0.325 e. The molecule has 1 amide bonds. The van der Waals surface area contributed by atoms with E-state index in [1.165, 1.54) is 12.1 Å². The number of amides is 1. The number of alkyl halides is 1.